The van der Waals surface area contributed by atoms with Gasteiger partial charge in [-0.05, 0) is 44.9 Å². The quantitative estimate of drug-likeness (QED) is 0.901. The van der Waals surface area contributed by atoms with Crippen LogP contribution in [-0.4, -0.2) is 30.6 Å². The normalized spacial score (nSPS) is 29.7. The standard InChI is InChI=1S/C15H26N2S/c1-5-13-6-7-14(18-13)9-16-15-8-12(3)17(4)10-11(15)2/h6-7,11-12,15-16H,5,8-10H2,1-4H3. The van der Waals surface area contributed by atoms with Crippen molar-refractivity contribution in [1.29, 1.82) is 0 Å². The Kier molecular flexibility index (Phi) is 4.82. The zero-order valence-electron chi connectivity index (χ0n) is 12.1. The highest BCUT2D eigenvalue weighted by atomic mass is 32.1. The van der Waals surface area contributed by atoms with Crippen LogP contribution in [-0.2, 0) is 13.0 Å². The first-order valence-corrected chi connectivity index (χ1v) is 7.93. The van der Waals surface area contributed by atoms with Gasteiger partial charge in [0, 0.05) is 34.9 Å². The summed E-state index contributed by atoms with van der Waals surface area (Å²) >= 11 is 1.95. The van der Waals surface area contributed by atoms with Crippen LogP contribution in [0.3, 0.4) is 0 Å². The summed E-state index contributed by atoms with van der Waals surface area (Å²) in [6.45, 7) is 9.18. The average Bonchev–Trinajstić information content (AvgIpc) is 2.80. The van der Waals surface area contributed by atoms with E-state index in [1.165, 1.54) is 22.7 Å². The van der Waals surface area contributed by atoms with Gasteiger partial charge >= 0.3 is 0 Å². The van der Waals surface area contributed by atoms with Crippen LogP contribution in [0.4, 0.5) is 0 Å². The van der Waals surface area contributed by atoms with E-state index in [0.717, 1.165) is 18.9 Å². The molecule has 3 unspecified atom stereocenters. The van der Waals surface area contributed by atoms with Gasteiger partial charge in [0.1, 0.15) is 0 Å². The van der Waals surface area contributed by atoms with Crippen molar-refractivity contribution in [3.05, 3.63) is 21.9 Å². The zero-order chi connectivity index (χ0) is 13.1. The maximum Gasteiger partial charge on any atom is 0.0302 e. The van der Waals surface area contributed by atoms with E-state index in [0.29, 0.717) is 12.1 Å². The first-order chi connectivity index (χ1) is 8.60. The lowest BCUT2D eigenvalue weighted by atomic mass is 9.90. The number of nitrogens with one attached hydrogen (secondary N) is 1. The molecule has 2 rings (SSSR count). The van der Waals surface area contributed by atoms with Gasteiger partial charge in [0.25, 0.3) is 0 Å². The molecule has 18 heavy (non-hydrogen) atoms. The van der Waals surface area contributed by atoms with Crippen LogP contribution in [0.1, 0.15) is 36.9 Å². The van der Waals surface area contributed by atoms with E-state index >= 15 is 0 Å². The minimum Gasteiger partial charge on any atom is -0.309 e. The van der Waals surface area contributed by atoms with Crippen LogP contribution in [0.2, 0.25) is 0 Å². The number of nitrogens with zero attached hydrogens (tertiary/aromatic N) is 1. The molecule has 1 aromatic rings. The van der Waals surface area contributed by atoms with Crippen molar-refractivity contribution in [3.8, 4) is 0 Å². The van der Waals surface area contributed by atoms with Crippen molar-refractivity contribution in [3.63, 3.8) is 0 Å². The topological polar surface area (TPSA) is 15.3 Å². The zero-order valence-corrected chi connectivity index (χ0v) is 12.9. The highest BCUT2D eigenvalue weighted by molar-refractivity contribution is 7.11. The summed E-state index contributed by atoms with van der Waals surface area (Å²) in [5.41, 5.74) is 0. The summed E-state index contributed by atoms with van der Waals surface area (Å²) in [6, 6.07) is 5.92. The molecule has 102 valence electrons. The van der Waals surface area contributed by atoms with Crippen LogP contribution in [0.5, 0.6) is 0 Å². The molecule has 1 aromatic heterocycles. The van der Waals surface area contributed by atoms with Crippen LogP contribution < -0.4 is 5.32 Å². The summed E-state index contributed by atoms with van der Waals surface area (Å²) in [5, 5.41) is 3.76. The second kappa shape index (κ2) is 6.18. The van der Waals surface area contributed by atoms with E-state index in [1.54, 1.807) is 0 Å². The van der Waals surface area contributed by atoms with Gasteiger partial charge in [-0.15, -0.1) is 11.3 Å². The first-order valence-electron chi connectivity index (χ1n) is 7.11. The van der Waals surface area contributed by atoms with E-state index in [4.69, 9.17) is 0 Å². The largest absolute Gasteiger partial charge is 0.309 e. The lowest BCUT2D eigenvalue weighted by molar-refractivity contribution is 0.121. The van der Waals surface area contributed by atoms with Crippen molar-refractivity contribution < 1.29 is 0 Å². The molecule has 0 spiro atoms. The fourth-order valence-electron chi connectivity index (χ4n) is 2.76. The number of likely N-dealkylation sites (tertiary alicyclic amines) is 1. The monoisotopic (exact) mass is 266 g/mol. The van der Waals surface area contributed by atoms with E-state index < -0.39 is 0 Å². The Morgan fingerprint density at radius 3 is 2.72 bits per heavy atom. The molecule has 2 heterocycles. The molecule has 1 fully saturated rings. The van der Waals surface area contributed by atoms with Gasteiger partial charge in [-0.1, -0.05) is 13.8 Å². The van der Waals surface area contributed by atoms with Crippen molar-refractivity contribution in [2.24, 2.45) is 5.92 Å². The molecular weight excluding hydrogens is 240 g/mol. The van der Waals surface area contributed by atoms with Crippen LogP contribution in [0.25, 0.3) is 0 Å². The Labute approximate surface area is 115 Å². The number of aryl methyl sites for hydroxylation is 1. The molecule has 0 amide bonds. The Bertz CT molecular complexity index is 374. The van der Waals surface area contributed by atoms with Gasteiger partial charge in [0.2, 0.25) is 0 Å². The number of thiophene rings is 1. The maximum atomic E-state index is 3.76. The molecule has 3 atom stereocenters. The summed E-state index contributed by atoms with van der Waals surface area (Å²) < 4.78 is 0. The lowest BCUT2D eigenvalue weighted by Gasteiger charge is -2.40. The van der Waals surface area contributed by atoms with E-state index in [9.17, 15) is 0 Å². The maximum absolute atomic E-state index is 3.76. The molecule has 2 nitrogen and oxygen atoms in total. The molecule has 0 radical (unpaired) electrons. The van der Waals surface area contributed by atoms with E-state index in [2.05, 4.69) is 50.2 Å². The minimum atomic E-state index is 0.670. The Balaban J connectivity index is 1.85. The summed E-state index contributed by atoms with van der Waals surface area (Å²) in [7, 11) is 2.24. The molecule has 1 saturated heterocycles. The molecule has 0 aromatic carbocycles. The lowest BCUT2D eigenvalue weighted by Crippen LogP contribution is -2.50. The number of hydrogen-bond donors (Lipinski definition) is 1. The van der Waals surface area contributed by atoms with Crippen LogP contribution >= 0.6 is 11.3 Å². The fourth-order valence-corrected chi connectivity index (χ4v) is 3.67. The summed E-state index contributed by atoms with van der Waals surface area (Å²) in [5.74, 6) is 0.747. The number of piperidine rings is 1. The third kappa shape index (κ3) is 3.34. The molecule has 0 saturated carbocycles. The second-order valence-corrected chi connectivity index (χ2v) is 6.96. The highest BCUT2D eigenvalue weighted by Crippen LogP contribution is 2.22. The van der Waals surface area contributed by atoms with Crippen LogP contribution in [0, 0.1) is 5.92 Å². The summed E-state index contributed by atoms with van der Waals surface area (Å²) in [6.07, 6.45) is 2.43. The molecule has 1 aliphatic heterocycles. The minimum absolute atomic E-state index is 0.670. The molecule has 1 aliphatic rings. The molecular formula is C15H26N2S. The SMILES string of the molecule is CCc1ccc(CNC2CC(C)N(C)CC2C)s1. The third-order valence-electron chi connectivity index (χ3n) is 4.21. The van der Waals surface area contributed by atoms with Crippen LogP contribution in [0.15, 0.2) is 12.1 Å². The Morgan fingerprint density at radius 1 is 1.33 bits per heavy atom. The number of rotatable bonds is 4. The summed E-state index contributed by atoms with van der Waals surface area (Å²) in [4.78, 5) is 5.45. The van der Waals surface area contributed by atoms with Crippen molar-refractivity contribution in [2.75, 3.05) is 13.6 Å². The predicted octanol–water partition coefficient (Wildman–Crippen LogP) is 3.13. The number of hydrogen-bond acceptors (Lipinski definition) is 3. The molecule has 1 N–H and O–H groups in total. The average molecular weight is 266 g/mol. The molecule has 3 heteroatoms. The molecule has 0 aliphatic carbocycles. The van der Waals surface area contributed by atoms with Gasteiger partial charge in [-0.25, -0.2) is 0 Å². The van der Waals surface area contributed by atoms with Gasteiger partial charge in [-0.3, -0.25) is 0 Å². The highest BCUT2D eigenvalue weighted by Gasteiger charge is 2.28. The Hall–Kier alpha value is -0.380. The van der Waals surface area contributed by atoms with Gasteiger partial charge in [0.15, 0.2) is 0 Å². The van der Waals surface area contributed by atoms with E-state index in [1.807, 2.05) is 11.3 Å². The van der Waals surface area contributed by atoms with Crippen molar-refractivity contribution in [2.45, 2.75) is 52.2 Å². The van der Waals surface area contributed by atoms with Gasteiger partial charge in [-0.2, -0.15) is 0 Å². The van der Waals surface area contributed by atoms with E-state index in [-0.39, 0.29) is 0 Å². The predicted molar refractivity (Wildman–Crippen MR) is 80.2 cm³/mol. The second-order valence-electron chi connectivity index (χ2n) is 5.71. The third-order valence-corrected chi connectivity index (χ3v) is 5.44. The fraction of sp³-hybridized carbons (Fsp3) is 0.733. The van der Waals surface area contributed by atoms with Gasteiger partial charge in [0.05, 0.1) is 0 Å². The first kappa shape index (κ1) is 14.0. The smallest absolute Gasteiger partial charge is 0.0302 e. The Morgan fingerprint density at radius 2 is 2.06 bits per heavy atom. The van der Waals surface area contributed by atoms with Crippen molar-refractivity contribution in [1.82, 2.24) is 10.2 Å². The van der Waals surface area contributed by atoms with Gasteiger partial charge < -0.3 is 10.2 Å². The molecule has 0 bridgehead atoms. The van der Waals surface area contributed by atoms with Crippen molar-refractivity contribution >= 4 is 11.3 Å².